The van der Waals surface area contributed by atoms with Crippen LogP contribution in [0.2, 0.25) is 0 Å². The molecule has 2 heterocycles. The van der Waals surface area contributed by atoms with Crippen LogP contribution in [0.15, 0.2) is 95.7 Å². The van der Waals surface area contributed by atoms with Crippen LogP contribution in [0.5, 0.6) is 0 Å². The molecule has 0 aliphatic rings. The van der Waals surface area contributed by atoms with Crippen molar-refractivity contribution in [2.45, 2.75) is 13.1 Å². The number of ketones is 1. The van der Waals surface area contributed by atoms with E-state index in [0.717, 1.165) is 33.3 Å². The van der Waals surface area contributed by atoms with Crippen molar-refractivity contribution in [3.8, 4) is 0 Å². The maximum atomic E-state index is 12.7. The average Bonchev–Trinajstić information content (AvgIpc) is 3.30. The molecule has 0 fully saturated rings. The van der Waals surface area contributed by atoms with E-state index < -0.39 is 0 Å². The summed E-state index contributed by atoms with van der Waals surface area (Å²) in [4.78, 5) is 12.7. The number of para-hydroxylation sites is 3. The second-order valence-corrected chi connectivity index (χ2v) is 6.90. The van der Waals surface area contributed by atoms with E-state index in [-0.39, 0.29) is 5.78 Å². The second kappa shape index (κ2) is 6.82. The lowest BCUT2D eigenvalue weighted by molar-refractivity contribution is -0.657. The molecule has 5 rings (SSSR count). The molecule has 0 saturated carbocycles. The highest BCUT2D eigenvalue weighted by atomic mass is 16.3. The standard InChI is InChI=1S/C24H19N2O2/c27-23(18-8-2-1-3-9-18)16-26-17-25(21-11-5-6-12-22(21)26)15-20-14-19-10-4-7-13-24(19)28-20/h1-14,17H,15-16H2/q+1. The largest absolute Gasteiger partial charge is 0.457 e. The first-order valence-corrected chi connectivity index (χ1v) is 9.31. The molecule has 0 aliphatic heterocycles. The van der Waals surface area contributed by atoms with E-state index in [0.29, 0.717) is 13.1 Å². The Morgan fingerprint density at radius 1 is 0.893 bits per heavy atom. The maximum Gasteiger partial charge on any atom is 0.245 e. The summed E-state index contributed by atoms with van der Waals surface area (Å²) in [6.07, 6.45) is 2.00. The fourth-order valence-electron chi connectivity index (χ4n) is 3.65. The van der Waals surface area contributed by atoms with Gasteiger partial charge in [0.05, 0.1) is 0 Å². The molecule has 0 spiro atoms. The molecule has 0 aliphatic carbocycles. The number of furan rings is 1. The van der Waals surface area contributed by atoms with Gasteiger partial charge in [-0.1, -0.05) is 60.7 Å². The molecule has 0 unspecified atom stereocenters. The third kappa shape index (κ3) is 2.99. The Morgan fingerprint density at radius 2 is 1.64 bits per heavy atom. The van der Waals surface area contributed by atoms with Gasteiger partial charge >= 0.3 is 0 Å². The lowest BCUT2D eigenvalue weighted by Gasteiger charge is -1.98. The van der Waals surface area contributed by atoms with Gasteiger partial charge in [-0.25, -0.2) is 9.13 Å². The molecule has 28 heavy (non-hydrogen) atoms. The number of hydrogen-bond acceptors (Lipinski definition) is 2. The van der Waals surface area contributed by atoms with E-state index in [1.165, 1.54) is 0 Å². The number of rotatable bonds is 5. The lowest BCUT2D eigenvalue weighted by atomic mass is 10.1. The zero-order valence-electron chi connectivity index (χ0n) is 15.3. The van der Waals surface area contributed by atoms with Crippen molar-refractivity contribution in [2.24, 2.45) is 0 Å². The zero-order valence-corrected chi connectivity index (χ0v) is 15.3. The van der Waals surface area contributed by atoms with Crippen molar-refractivity contribution in [1.29, 1.82) is 0 Å². The predicted molar refractivity (Wildman–Crippen MR) is 108 cm³/mol. The lowest BCUT2D eigenvalue weighted by Crippen LogP contribution is -2.36. The van der Waals surface area contributed by atoms with E-state index in [9.17, 15) is 4.79 Å². The first-order chi connectivity index (χ1) is 13.8. The summed E-state index contributed by atoms with van der Waals surface area (Å²) in [6.45, 7) is 0.916. The Morgan fingerprint density at radius 3 is 2.50 bits per heavy atom. The zero-order chi connectivity index (χ0) is 18.9. The van der Waals surface area contributed by atoms with Crippen molar-refractivity contribution in [1.82, 2.24) is 4.57 Å². The van der Waals surface area contributed by atoms with Crippen LogP contribution in [0.3, 0.4) is 0 Å². The Kier molecular flexibility index (Phi) is 4.02. The number of carbonyl (C=O) groups excluding carboxylic acids is 1. The molecular formula is C24H19N2O2+. The van der Waals surface area contributed by atoms with E-state index in [1.807, 2.05) is 77.6 Å². The first-order valence-electron chi connectivity index (χ1n) is 9.31. The van der Waals surface area contributed by atoms with E-state index in [1.54, 1.807) is 0 Å². The van der Waals surface area contributed by atoms with Crippen LogP contribution in [0.4, 0.5) is 0 Å². The second-order valence-electron chi connectivity index (χ2n) is 6.90. The van der Waals surface area contributed by atoms with Gasteiger partial charge in [-0.05, 0) is 24.3 Å². The number of imidazole rings is 1. The van der Waals surface area contributed by atoms with E-state index >= 15 is 0 Å². The molecule has 0 N–H and O–H groups in total. The minimum absolute atomic E-state index is 0.0947. The topological polar surface area (TPSA) is 39.0 Å². The molecule has 4 heteroatoms. The molecule has 0 bridgehead atoms. The van der Waals surface area contributed by atoms with Crippen molar-refractivity contribution in [3.05, 3.63) is 103 Å². The van der Waals surface area contributed by atoms with Crippen molar-refractivity contribution >= 4 is 27.8 Å². The third-order valence-corrected chi connectivity index (χ3v) is 4.99. The summed E-state index contributed by atoms with van der Waals surface area (Å²) in [5.74, 6) is 0.987. The van der Waals surface area contributed by atoms with E-state index in [4.69, 9.17) is 4.42 Å². The van der Waals surface area contributed by atoms with E-state index in [2.05, 4.69) is 22.8 Å². The maximum absolute atomic E-state index is 12.7. The van der Waals surface area contributed by atoms with Gasteiger partial charge in [-0.3, -0.25) is 4.79 Å². The molecule has 2 aromatic heterocycles. The van der Waals surface area contributed by atoms with Crippen LogP contribution in [0.1, 0.15) is 16.1 Å². The highest BCUT2D eigenvalue weighted by Crippen LogP contribution is 2.21. The normalized spacial score (nSPS) is 11.3. The van der Waals surface area contributed by atoms with Crippen LogP contribution in [-0.4, -0.2) is 10.4 Å². The summed E-state index contributed by atoms with van der Waals surface area (Å²) in [5, 5.41) is 1.10. The van der Waals surface area contributed by atoms with Gasteiger partial charge < -0.3 is 4.42 Å². The molecule has 0 radical (unpaired) electrons. The van der Waals surface area contributed by atoms with Gasteiger partial charge in [0.15, 0.2) is 17.6 Å². The number of fused-ring (bicyclic) bond motifs is 2. The highest BCUT2D eigenvalue weighted by molar-refractivity contribution is 5.95. The van der Waals surface area contributed by atoms with Crippen molar-refractivity contribution < 1.29 is 13.8 Å². The van der Waals surface area contributed by atoms with Gasteiger partial charge in [0.25, 0.3) is 0 Å². The number of benzene rings is 3. The molecule has 0 amide bonds. The minimum atomic E-state index is 0.0947. The fourth-order valence-corrected chi connectivity index (χ4v) is 3.65. The molecule has 4 nitrogen and oxygen atoms in total. The van der Waals surface area contributed by atoms with Crippen molar-refractivity contribution in [2.75, 3.05) is 0 Å². The third-order valence-electron chi connectivity index (χ3n) is 4.99. The van der Waals surface area contributed by atoms with Crippen LogP contribution >= 0.6 is 0 Å². The molecular weight excluding hydrogens is 348 g/mol. The number of nitrogens with zero attached hydrogens (tertiary/aromatic N) is 2. The Hall–Kier alpha value is -3.66. The summed E-state index contributed by atoms with van der Waals surface area (Å²) in [7, 11) is 0. The number of Topliss-reactive ketones (excluding diaryl/α,β-unsaturated/α-hetero) is 1. The summed E-state index contributed by atoms with van der Waals surface area (Å²) < 4.78 is 10.1. The van der Waals surface area contributed by atoms with Crippen LogP contribution in [0.25, 0.3) is 22.0 Å². The van der Waals surface area contributed by atoms with Crippen LogP contribution in [0, 0.1) is 0 Å². The highest BCUT2D eigenvalue weighted by Gasteiger charge is 2.19. The number of carbonyl (C=O) groups is 1. The summed E-state index contributed by atoms with van der Waals surface area (Å²) in [5.41, 5.74) is 3.72. The summed E-state index contributed by atoms with van der Waals surface area (Å²) >= 11 is 0. The monoisotopic (exact) mass is 367 g/mol. The fraction of sp³-hybridized carbons (Fsp3) is 0.0833. The van der Waals surface area contributed by atoms with Gasteiger partial charge in [0, 0.05) is 10.9 Å². The average molecular weight is 367 g/mol. The SMILES string of the molecule is O=C(C[n+]1cn(Cc2cc3ccccc3o2)c2ccccc21)c1ccccc1. The van der Waals surface area contributed by atoms with Crippen molar-refractivity contribution in [3.63, 3.8) is 0 Å². The first kappa shape index (κ1) is 16.5. The number of hydrogen-bond donors (Lipinski definition) is 0. The number of aromatic nitrogens is 2. The molecule has 5 aromatic rings. The Bertz CT molecular complexity index is 1250. The Balaban J connectivity index is 1.50. The summed E-state index contributed by atoms with van der Waals surface area (Å²) in [6, 6.07) is 27.6. The van der Waals surface area contributed by atoms with Crippen LogP contribution < -0.4 is 4.57 Å². The van der Waals surface area contributed by atoms with Gasteiger partial charge in [0.2, 0.25) is 12.1 Å². The quantitative estimate of drug-likeness (QED) is 0.336. The smallest absolute Gasteiger partial charge is 0.245 e. The Labute approximate surface area is 162 Å². The molecule has 3 aromatic carbocycles. The molecule has 0 saturated heterocycles. The minimum Gasteiger partial charge on any atom is -0.457 e. The van der Waals surface area contributed by atoms with Gasteiger partial charge in [0.1, 0.15) is 17.9 Å². The van der Waals surface area contributed by atoms with Gasteiger partial charge in [-0.2, -0.15) is 0 Å². The van der Waals surface area contributed by atoms with Crippen LogP contribution in [-0.2, 0) is 13.1 Å². The molecule has 136 valence electrons. The predicted octanol–water partition coefficient (Wildman–Crippen LogP) is 4.61. The molecule has 0 atom stereocenters. The van der Waals surface area contributed by atoms with Gasteiger partial charge in [-0.15, -0.1) is 0 Å².